The van der Waals surface area contributed by atoms with Crippen molar-refractivity contribution in [1.29, 1.82) is 0 Å². The molecule has 5 rings (SSSR count). The van der Waals surface area contributed by atoms with E-state index in [1.54, 1.807) is 0 Å². The zero-order valence-corrected chi connectivity index (χ0v) is 24.0. The molecule has 0 aliphatic rings. The van der Waals surface area contributed by atoms with Gasteiger partial charge in [0.15, 0.2) is 0 Å². The first-order valence-corrected chi connectivity index (χ1v) is 13.7. The molecule has 0 atom stereocenters. The van der Waals surface area contributed by atoms with Gasteiger partial charge in [-0.25, -0.2) is 10.2 Å². The molecule has 0 unspecified atom stereocenters. The van der Waals surface area contributed by atoms with Crippen molar-refractivity contribution in [3.05, 3.63) is 156 Å². The zero-order chi connectivity index (χ0) is 30.0. The Morgan fingerprint density at radius 1 is 0.721 bits per heavy atom. The summed E-state index contributed by atoms with van der Waals surface area (Å²) in [6.07, 6.45) is 7.12. The van der Waals surface area contributed by atoms with Gasteiger partial charge >= 0.3 is 0 Å². The largest absolute Gasteiger partial charge is 0.285 e. The maximum Gasteiger partial charge on any atom is 0.285 e. The molecule has 214 valence electrons. The van der Waals surface area contributed by atoms with Gasteiger partial charge in [0.1, 0.15) is 21.4 Å². The second kappa shape index (κ2) is 14.0. The lowest BCUT2D eigenvalue weighted by Gasteiger charge is -2.09. The maximum absolute atomic E-state index is 11.8. The first kappa shape index (κ1) is 29.2. The minimum absolute atomic E-state index is 0.0203. The molecule has 4 N–H and O–H groups in total. The van der Waals surface area contributed by atoms with Crippen molar-refractivity contribution >= 4 is 52.1 Å². The van der Waals surface area contributed by atoms with Crippen molar-refractivity contribution < 1.29 is 0 Å². The van der Waals surface area contributed by atoms with Crippen molar-refractivity contribution in [1.82, 2.24) is 20.4 Å². The van der Waals surface area contributed by atoms with E-state index in [2.05, 4.69) is 41.4 Å². The van der Waals surface area contributed by atoms with Gasteiger partial charge in [-0.1, -0.05) is 114 Å². The summed E-state index contributed by atoms with van der Waals surface area (Å²) < 4.78 is 0. The van der Waals surface area contributed by atoms with Gasteiger partial charge in [0.05, 0.1) is 23.8 Å². The van der Waals surface area contributed by atoms with E-state index >= 15 is 0 Å². The minimum Gasteiger partial charge on any atom is -0.275 e. The van der Waals surface area contributed by atoms with Gasteiger partial charge in [-0.05, 0) is 22.8 Å². The Kier molecular flexibility index (Phi) is 9.53. The van der Waals surface area contributed by atoms with Crippen LogP contribution in [0, 0.1) is 0 Å². The van der Waals surface area contributed by atoms with Crippen LogP contribution in [-0.2, 0) is 6.42 Å². The van der Waals surface area contributed by atoms with E-state index in [0.717, 1.165) is 28.0 Å². The number of hydrogen-bond acceptors (Lipinski definition) is 8. The number of rotatable bonds is 10. The highest BCUT2D eigenvalue weighted by Gasteiger charge is 2.09. The lowest BCUT2D eigenvalue weighted by atomic mass is 10.0. The zero-order valence-electron chi connectivity index (χ0n) is 22.5. The number of nitrogens with zero attached hydrogens (tertiary/aromatic N) is 4. The van der Waals surface area contributed by atoms with Crippen LogP contribution in [0.5, 0.6) is 0 Å². The molecule has 0 saturated carbocycles. The summed E-state index contributed by atoms with van der Waals surface area (Å²) in [6.45, 7) is 0. The summed E-state index contributed by atoms with van der Waals surface area (Å²) in [5, 5.41) is 21.1. The number of aromatic amines is 2. The fraction of sp³-hybridized carbons (Fsp3) is 0.0323. The number of nitrogens with one attached hydrogen (secondary N) is 4. The molecule has 0 fully saturated rings. The molecular weight excluding hydrogens is 587 g/mol. The average molecular weight is 611 g/mol. The van der Waals surface area contributed by atoms with E-state index in [-0.39, 0.29) is 10.0 Å². The Morgan fingerprint density at radius 3 is 1.84 bits per heavy atom. The van der Waals surface area contributed by atoms with Crippen molar-refractivity contribution in [3.8, 4) is 0 Å². The smallest absolute Gasteiger partial charge is 0.275 e. The van der Waals surface area contributed by atoms with Gasteiger partial charge in [0.25, 0.3) is 11.1 Å². The van der Waals surface area contributed by atoms with Crippen LogP contribution in [0.2, 0.25) is 10.0 Å². The molecule has 2 heterocycles. The summed E-state index contributed by atoms with van der Waals surface area (Å²) in [4.78, 5) is 23.6. The van der Waals surface area contributed by atoms with Crippen molar-refractivity contribution in [2.75, 3.05) is 10.9 Å². The number of anilines is 2. The maximum atomic E-state index is 11.8. The highest BCUT2D eigenvalue weighted by atomic mass is 35.5. The van der Waals surface area contributed by atoms with Crippen LogP contribution in [0.4, 0.5) is 11.4 Å². The normalized spacial score (nSPS) is 12.0. The molecule has 10 nitrogen and oxygen atoms in total. The number of aromatic nitrogens is 4. The Balaban J connectivity index is 1.36. The number of allylic oxidation sites excluding steroid dienone is 1. The first-order chi connectivity index (χ1) is 21.0. The number of hydrogen-bond donors (Lipinski definition) is 4. The molecule has 0 saturated heterocycles. The highest BCUT2D eigenvalue weighted by Crippen LogP contribution is 2.18. The van der Waals surface area contributed by atoms with Crippen LogP contribution >= 0.6 is 23.2 Å². The van der Waals surface area contributed by atoms with Gasteiger partial charge in [0.2, 0.25) is 0 Å². The van der Waals surface area contributed by atoms with Gasteiger partial charge in [0, 0.05) is 12.0 Å². The van der Waals surface area contributed by atoms with Gasteiger partial charge < -0.3 is 0 Å². The summed E-state index contributed by atoms with van der Waals surface area (Å²) in [5.74, 6) is 0. The third kappa shape index (κ3) is 7.70. The van der Waals surface area contributed by atoms with Crippen LogP contribution in [-0.4, -0.2) is 31.8 Å². The molecule has 0 aliphatic heterocycles. The minimum atomic E-state index is -0.508. The number of H-pyrrole nitrogens is 2. The standard InChI is InChI=1S/C31H24Cl2N8O2/c32-28-26(18-34-40-30(28)42)38-36-24(22-7-3-1-4-8-22)16-15-20-11-13-21(14-12-20)17-25(23-9-5-2-6-10-23)37-39-27-19-35-41-31(43)29(27)33/h1-16,18-19H,17H2,(H2,38,40,42)(H2,39,41,43)/b16-15+,36-24-,37-25+. The third-order valence-electron chi connectivity index (χ3n) is 6.16. The number of hydrazone groups is 2. The molecule has 0 aliphatic carbocycles. The van der Waals surface area contributed by atoms with E-state index in [4.69, 9.17) is 23.2 Å². The summed E-state index contributed by atoms with van der Waals surface area (Å²) >= 11 is 12.2. The van der Waals surface area contributed by atoms with Crippen molar-refractivity contribution in [2.45, 2.75) is 6.42 Å². The second-order valence-electron chi connectivity index (χ2n) is 9.12. The molecule has 0 amide bonds. The lowest BCUT2D eigenvalue weighted by Crippen LogP contribution is -2.12. The van der Waals surface area contributed by atoms with E-state index in [9.17, 15) is 9.59 Å². The Morgan fingerprint density at radius 2 is 1.26 bits per heavy atom. The van der Waals surface area contributed by atoms with Crippen LogP contribution in [0.1, 0.15) is 22.3 Å². The fourth-order valence-electron chi connectivity index (χ4n) is 3.93. The summed E-state index contributed by atoms with van der Waals surface area (Å²) in [7, 11) is 0. The molecule has 5 aromatic rings. The van der Waals surface area contributed by atoms with Crippen LogP contribution in [0.3, 0.4) is 0 Å². The van der Waals surface area contributed by atoms with E-state index in [1.165, 1.54) is 12.4 Å². The number of benzene rings is 3. The van der Waals surface area contributed by atoms with Gasteiger partial charge in [-0.3, -0.25) is 20.4 Å². The SMILES string of the molecule is O=c1[nH]ncc(N/N=C(/C=C/c2ccc(C/C(=N\Nc3cn[nH]c(=O)c3Cl)c3ccccc3)cc2)c2ccccc2)c1Cl. The Labute approximate surface area is 255 Å². The topological polar surface area (TPSA) is 140 Å². The third-order valence-corrected chi connectivity index (χ3v) is 6.91. The summed E-state index contributed by atoms with van der Waals surface area (Å²) in [6, 6.07) is 27.3. The highest BCUT2D eigenvalue weighted by molar-refractivity contribution is 6.33. The van der Waals surface area contributed by atoms with Crippen molar-refractivity contribution in [3.63, 3.8) is 0 Å². The van der Waals surface area contributed by atoms with E-state index in [1.807, 2.05) is 97.1 Å². The number of halogens is 2. The van der Waals surface area contributed by atoms with E-state index in [0.29, 0.717) is 23.5 Å². The predicted molar refractivity (Wildman–Crippen MR) is 172 cm³/mol. The molecule has 2 aromatic heterocycles. The van der Waals surface area contributed by atoms with Gasteiger partial charge in [-0.2, -0.15) is 20.4 Å². The van der Waals surface area contributed by atoms with Crippen LogP contribution in [0.15, 0.2) is 123 Å². The average Bonchev–Trinajstić information content (AvgIpc) is 3.04. The molecule has 12 heteroatoms. The Bertz CT molecular complexity index is 1900. The van der Waals surface area contributed by atoms with E-state index < -0.39 is 11.1 Å². The van der Waals surface area contributed by atoms with Crippen molar-refractivity contribution in [2.24, 2.45) is 10.2 Å². The Hall–Kier alpha value is -5.32. The quantitative estimate of drug-likeness (QED) is 0.117. The fourth-order valence-corrected chi connectivity index (χ4v) is 4.20. The molecule has 0 bridgehead atoms. The lowest BCUT2D eigenvalue weighted by molar-refractivity contribution is 0.986. The molecule has 0 radical (unpaired) electrons. The molecule has 0 spiro atoms. The summed E-state index contributed by atoms with van der Waals surface area (Å²) in [5.41, 5.74) is 10.4. The predicted octanol–water partition coefficient (Wildman–Crippen LogP) is 5.75. The first-order valence-electron chi connectivity index (χ1n) is 13.0. The van der Waals surface area contributed by atoms with Gasteiger partial charge in [-0.15, -0.1) is 0 Å². The monoisotopic (exact) mass is 610 g/mol. The second-order valence-corrected chi connectivity index (χ2v) is 9.87. The molecule has 43 heavy (non-hydrogen) atoms. The molecular formula is C31H24Cl2N8O2. The van der Waals surface area contributed by atoms with Crippen LogP contribution in [0.25, 0.3) is 6.08 Å². The molecule has 3 aromatic carbocycles. The van der Waals surface area contributed by atoms with Crippen LogP contribution < -0.4 is 22.0 Å².